The minimum absolute atomic E-state index is 0.134. The summed E-state index contributed by atoms with van der Waals surface area (Å²) >= 11 is 0. The number of benzene rings is 1. The van der Waals surface area contributed by atoms with Crippen LogP contribution in [0.1, 0.15) is 41.5 Å². The predicted octanol–water partition coefficient (Wildman–Crippen LogP) is 1.94. The van der Waals surface area contributed by atoms with Crippen LogP contribution in [0.25, 0.3) is 0 Å². The summed E-state index contributed by atoms with van der Waals surface area (Å²) < 4.78 is 27.7. The minimum atomic E-state index is -3.21. The molecule has 1 N–H and O–H groups in total. The monoisotopic (exact) mass is 388 g/mol. The third-order valence-corrected chi connectivity index (χ3v) is 7.16. The summed E-state index contributed by atoms with van der Waals surface area (Å²) in [6.07, 6.45) is 3.22. The zero-order chi connectivity index (χ0) is 19.0. The summed E-state index contributed by atoms with van der Waals surface area (Å²) in [4.78, 5) is 12.4. The van der Waals surface area contributed by atoms with E-state index in [0.29, 0.717) is 24.5 Å². The molecule has 1 saturated heterocycles. The van der Waals surface area contributed by atoms with Gasteiger partial charge in [0.1, 0.15) is 5.69 Å². The van der Waals surface area contributed by atoms with Crippen LogP contribution in [0.4, 0.5) is 5.69 Å². The molecule has 1 unspecified atom stereocenters. The van der Waals surface area contributed by atoms with Crippen LogP contribution < -0.4 is 9.62 Å². The molecule has 0 aliphatic carbocycles. The highest BCUT2D eigenvalue weighted by molar-refractivity contribution is 7.93. The Hall–Kier alpha value is -2.35. The van der Waals surface area contributed by atoms with Crippen LogP contribution in [0.15, 0.2) is 30.3 Å². The highest BCUT2D eigenvalue weighted by Crippen LogP contribution is 2.27. The lowest BCUT2D eigenvalue weighted by molar-refractivity contribution is 0.0945. The number of hydrogen-bond donors (Lipinski definition) is 1. The van der Waals surface area contributed by atoms with Gasteiger partial charge in [0.25, 0.3) is 5.91 Å². The number of fused-ring (bicyclic) bond motifs is 1. The van der Waals surface area contributed by atoms with Gasteiger partial charge < -0.3 is 5.32 Å². The molecule has 27 heavy (non-hydrogen) atoms. The van der Waals surface area contributed by atoms with E-state index >= 15 is 0 Å². The third-order valence-electron chi connectivity index (χ3n) is 5.13. The number of carbonyl (C=O) groups is 1. The summed E-state index contributed by atoms with van der Waals surface area (Å²) in [7, 11) is -3.21. The number of anilines is 1. The van der Waals surface area contributed by atoms with Crippen LogP contribution in [0.3, 0.4) is 0 Å². The molecule has 2 aliphatic rings. The minimum Gasteiger partial charge on any atom is -0.347 e. The van der Waals surface area contributed by atoms with E-state index in [1.165, 1.54) is 4.31 Å². The van der Waals surface area contributed by atoms with Gasteiger partial charge >= 0.3 is 0 Å². The van der Waals surface area contributed by atoms with Crippen molar-refractivity contribution in [2.24, 2.45) is 5.92 Å². The molecule has 0 bridgehead atoms. The van der Waals surface area contributed by atoms with E-state index in [9.17, 15) is 13.2 Å². The average Bonchev–Trinajstić information content (AvgIpc) is 3.20. The van der Waals surface area contributed by atoms with Crippen molar-refractivity contribution in [3.63, 3.8) is 0 Å². The van der Waals surface area contributed by atoms with E-state index in [-0.39, 0.29) is 17.6 Å². The number of carbonyl (C=O) groups excluding carboxylic acids is 1. The van der Waals surface area contributed by atoms with Crippen molar-refractivity contribution >= 4 is 21.6 Å². The molecule has 1 aromatic carbocycles. The van der Waals surface area contributed by atoms with Crippen molar-refractivity contribution in [2.75, 3.05) is 16.6 Å². The van der Waals surface area contributed by atoms with Crippen LogP contribution in [0, 0.1) is 5.92 Å². The third kappa shape index (κ3) is 3.71. The van der Waals surface area contributed by atoms with Gasteiger partial charge in [-0.15, -0.1) is 0 Å². The molecule has 0 saturated carbocycles. The number of nitrogens with one attached hydrogen (secondary N) is 1. The Morgan fingerprint density at radius 1 is 1.26 bits per heavy atom. The number of aromatic nitrogens is 2. The molecule has 2 aromatic rings. The van der Waals surface area contributed by atoms with Crippen molar-refractivity contribution in [1.29, 1.82) is 0 Å². The lowest BCUT2D eigenvalue weighted by Crippen LogP contribution is -2.25. The van der Waals surface area contributed by atoms with Crippen molar-refractivity contribution in [3.05, 3.63) is 47.3 Å². The molecule has 144 valence electrons. The summed E-state index contributed by atoms with van der Waals surface area (Å²) in [5, 5.41) is 7.27. The van der Waals surface area contributed by atoms with Crippen LogP contribution in [-0.4, -0.2) is 36.4 Å². The highest BCUT2D eigenvalue weighted by atomic mass is 32.2. The first kappa shape index (κ1) is 18.0. The van der Waals surface area contributed by atoms with Crippen LogP contribution >= 0.6 is 0 Å². The zero-order valence-corrected chi connectivity index (χ0v) is 16.2. The fraction of sp³-hybridized carbons (Fsp3) is 0.474. The molecule has 1 amide bonds. The number of sulfonamides is 1. The van der Waals surface area contributed by atoms with Gasteiger partial charge in [0.05, 0.1) is 11.4 Å². The summed E-state index contributed by atoms with van der Waals surface area (Å²) in [6.45, 7) is 3.71. The summed E-state index contributed by atoms with van der Waals surface area (Å²) in [5.41, 5.74) is 3.18. The van der Waals surface area contributed by atoms with Crippen molar-refractivity contribution in [3.8, 4) is 0 Å². The van der Waals surface area contributed by atoms with Crippen molar-refractivity contribution in [2.45, 2.75) is 39.3 Å². The van der Waals surface area contributed by atoms with Gasteiger partial charge in [-0.25, -0.2) is 8.42 Å². The molecular weight excluding hydrogens is 364 g/mol. The van der Waals surface area contributed by atoms with E-state index in [4.69, 9.17) is 0 Å². The van der Waals surface area contributed by atoms with Gasteiger partial charge in [-0.3, -0.25) is 13.8 Å². The largest absolute Gasteiger partial charge is 0.347 e. The van der Waals surface area contributed by atoms with Gasteiger partial charge in [0.2, 0.25) is 10.0 Å². The van der Waals surface area contributed by atoms with E-state index in [0.717, 1.165) is 37.1 Å². The topological polar surface area (TPSA) is 84.3 Å². The van der Waals surface area contributed by atoms with Crippen LogP contribution in [-0.2, 0) is 29.5 Å². The van der Waals surface area contributed by atoms with E-state index in [1.54, 1.807) is 12.1 Å². The van der Waals surface area contributed by atoms with Gasteiger partial charge in [-0.2, -0.15) is 5.10 Å². The fourth-order valence-corrected chi connectivity index (χ4v) is 5.68. The maximum Gasteiger partial charge on any atom is 0.272 e. The molecule has 0 radical (unpaired) electrons. The maximum absolute atomic E-state index is 12.4. The Balaban J connectivity index is 1.39. The Bertz CT molecular complexity index is 926. The Kier molecular flexibility index (Phi) is 4.67. The lowest BCUT2D eigenvalue weighted by Gasteiger charge is -2.17. The molecule has 0 spiro atoms. The fourth-order valence-electron chi connectivity index (χ4n) is 3.75. The Morgan fingerprint density at radius 3 is 2.70 bits per heavy atom. The van der Waals surface area contributed by atoms with E-state index in [1.807, 2.05) is 29.8 Å². The summed E-state index contributed by atoms with van der Waals surface area (Å²) in [5.74, 6) is 0.144. The molecule has 1 atom stereocenters. The smallest absolute Gasteiger partial charge is 0.272 e. The average molecular weight is 388 g/mol. The standard InChI is InChI=1S/C19H24N4O3S/c1-14-12-23(27(25,26)13-14)16-7-5-15(6-8-16)11-20-19(24)18-10-17-4-2-3-9-22(17)21-18/h5-8,10,14H,2-4,9,11-13H2,1H3,(H,20,24). The number of hydrogen-bond acceptors (Lipinski definition) is 4. The predicted molar refractivity (Wildman–Crippen MR) is 103 cm³/mol. The maximum atomic E-state index is 12.4. The number of aryl methyl sites for hydroxylation is 2. The zero-order valence-electron chi connectivity index (χ0n) is 15.4. The first-order chi connectivity index (χ1) is 12.9. The van der Waals surface area contributed by atoms with Crippen LogP contribution in [0.5, 0.6) is 0 Å². The van der Waals surface area contributed by atoms with Crippen molar-refractivity contribution in [1.82, 2.24) is 15.1 Å². The second-order valence-electron chi connectivity index (χ2n) is 7.47. The van der Waals surface area contributed by atoms with E-state index < -0.39 is 10.0 Å². The number of nitrogens with zero attached hydrogens (tertiary/aromatic N) is 3. The number of rotatable bonds is 4. The normalized spacial score (nSPS) is 21.1. The lowest BCUT2D eigenvalue weighted by atomic mass is 10.1. The molecule has 4 rings (SSSR count). The second-order valence-corrected chi connectivity index (χ2v) is 9.40. The quantitative estimate of drug-likeness (QED) is 0.867. The van der Waals surface area contributed by atoms with Crippen LogP contribution in [0.2, 0.25) is 0 Å². The van der Waals surface area contributed by atoms with E-state index in [2.05, 4.69) is 10.4 Å². The molecule has 3 heterocycles. The van der Waals surface area contributed by atoms with Gasteiger partial charge in [0.15, 0.2) is 0 Å². The first-order valence-corrected chi connectivity index (χ1v) is 11.0. The molecule has 1 fully saturated rings. The Labute approximate surface area is 159 Å². The SMILES string of the molecule is CC1CN(c2ccc(CNC(=O)c3cc4n(n3)CCCC4)cc2)S(=O)(=O)C1. The second kappa shape index (κ2) is 6.99. The molecule has 2 aliphatic heterocycles. The molecule has 8 heteroatoms. The highest BCUT2D eigenvalue weighted by Gasteiger charge is 2.33. The Morgan fingerprint density at radius 2 is 2.04 bits per heavy atom. The van der Waals surface area contributed by atoms with Gasteiger partial charge in [-0.05, 0) is 48.9 Å². The van der Waals surface area contributed by atoms with Crippen molar-refractivity contribution < 1.29 is 13.2 Å². The number of amides is 1. The van der Waals surface area contributed by atoms with Gasteiger partial charge in [-0.1, -0.05) is 19.1 Å². The summed E-state index contributed by atoms with van der Waals surface area (Å²) in [6, 6.07) is 9.18. The first-order valence-electron chi connectivity index (χ1n) is 9.37. The molecule has 7 nitrogen and oxygen atoms in total. The molecular formula is C19H24N4O3S. The van der Waals surface area contributed by atoms with Gasteiger partial charge in [0, 0.05) is 25.3 Å². The molecule has 1 aromatic heterocycles.